The van der Waals surface area contributed by atoms with Crippen LogP contribution in [0.5, 0.6) is 0 Å². The number of para-hydroxylation sites is 1. The quantitative estimate of drug-likeness (QED) is 0.219. The van der Waals surface area contributed by atoms with Crippen LogP contribution in [0, 0.1) is 6.92 Å². The lowest BCUT2D eigenvalue weighted by Gasteiger charge is -2.38. The predicted octanol–water partition coefficient (Wildman–Crippen LogP) is 8.41. The van der Waals surface area contributed by atoms with Crippen molar-refractivity contribution in [2.75, 3.05) is 18.4 Å². The molecular formula is C31H30Cl2F3N5O. The fraction of sp³-hybridized carbons (Fsp3) is 0.290. The molecule has 0 aliphatic carbocycles. The largest absolute Gasteiger partial charge is 0.416 e. The first kappa shape index (κ1) is 29.9. The molecule has 0 radical (unpaired) electrons. The summed E-state index contributed by atoms with van der Waals surface area (Å²) in [5.74, 6) is 0.537. The zero-order chi connectivity index (χ0) is 29.9. The molecule has 0 saturated carbocycles. The molecule has 220 valence electrons. The Kier molecular flexibility index (Phi) is 9.11. The van der Waals surface area contributed by atoms with Crippen molar-refractivity contribution >= 4 is 34.9 Å². The number of aromatic nitrogens is 2. The highest BCUT2D eigenvalue weighted by Crippen LogP contribution is 2.31. The number of halogens is 5. The molecule has 1 aliphatic heterocycles. The van der Waals surface area contributed by atoms with Crippen LogP contribution in [0.4, 0.5) is 23.7 Å². The summed E-state index contributed by atoms with van der Waals surface area (Å²) in [4.78, 5) is 25.5. The van der Waals surface area contributed by atoms with Gasteiger partial charge in [-0.1, -0.05) is 53.5 Å². The highest BCUT2D eigenvalue weighted by molar-refractivity contribution is 6.34. The molecule has 1 aliphatic rings. The summed E-state index contributed by atoms with van der Waals surface area (Å²) in [7, 11) is 0. The van der Waals surface area contributed by atoms with Gasteiger partial charge in [-0.2, -0.15) is 13.2 Å². The van der Waals surface area contributed by atoms with Crippen molar-refractivity contribution < 1.29 is 18.0 Å². The number of nitrogens with one attached hydrogen (secondary N) is 2. The highest BCUT2D eigenvalue weighted by atomic mass is 35.5. The Hall–Kier alpha value is -3.53. The number of nitrogens with zero attached hydrogens (tertiary/aromatic N) is 3. The molecule has 6 nitrogen and oxygen atoms in total. The molecule has 1 aromatic heterocycles. The summed E-state index contributed by atoms with van der Waals surface area (Å²) in [5.41, 5.74) is 3.18. The van der Waals surface area contributed by atoms with Gasteiger partial charge in [0.15, 0.2) is 0 Å². The van der Waals surface area contributed by atoms with Gasteiger partial charge in [0.25, 0.3) is 0 Å². The Bertz CT molecular complexity index is 1500. The molecule has 0 spiro atoms. The SMILES string of the molecule is Cc1[nH]c(-c2ccc(C(F)(F)F)cc2)nc1CN1CCC(N(Cc2cc(Cl)cc(Cl)c2)C(=O)Nc2ccccc2)CC1. The number of H-pyrrole nitrogens is 1. The molecule has 5 rings (SSSR count). The Morgan fingerprint density at radius 1 is 1.02 bits per heavy atom. The Morgan fingerprint density at radius 2 is 1.67 bits per heavy atom. The van der Waals surface area contributed by atoms with Gasteiger partial charge < -0.3 is 15.2 Å². The Morgan fingerprint density at radius 3 is 2.29 bits per heavy atom. The third-order valence-corrected chi connectivity index (χ3v) is 7.84. The normalized spacial score (nSPS) is 14.6. The Labute approximate surface area is 252 Å². The zero-order valence-corrected chi connectivity index (χ0v) is 24.4. The topological polar surface area (TPSA) is 64.3 Å². The maximum absolute atomic E-state index is 13.5. The van der Waals surface area contributed by atoms with Crippen molar-refractivity contribution in [2.24, 2.45) is 0 Å². The number of aromatic amines is 1. The van der Waals surface area contributed by atoms with Crippen LogP contribution in [0.2, 0.25) is 10.0 Å². The molecule has 0 bridgehead atoms. The number of anilines is 1. The van der Waals surface area contributed by atoms with Crippen LogP contribution in [0.3, 0.4) is 0 Å². The summed E-state index contributed by atoms with van der Waals surface area (Å²) < 4.78 is 38.8. The van der Waals surface area contributed by atoms with Gasteiger partial charge in [-0.05, 0) is 67.8 Å². The van der Waals surface area contributed by atoms with Gasteiger partial charge in [0, 0.05) is 59.2 Å². The number of piperidine rings is 1. The number of amides is 2. The van der Waals surface area contributed by atoms with Crippen LogP contribution in [0.25, 0.3) is 11.4 Å². The van der Waals surface area contributed by atoms with Crippen LogP contribution in [0.15, 0.2) is 72.8 Å². The number of urea groups is 1. The predicted molar refractivity (Wildman–Crippen MR) is 160 cm³/mol. The number of carbonyl (C=O) groups excluding carboxylic acids is 1. The fourth-order valence-corrected chi connectivity index (χ4v) is 5.76. The van der Waals surface area contributed by atoms with Gasteiger partial charge in [-0.15, -0.1) is 0 Å². The van der Waals surface area contributed by atoms with E-state index in [1.807, 2.05) is 54.3 Å². The molecular weight excluding hydrogens is 586 g/mol. The van der Waals surface area contributed by atoms with E-state index < -0.39 is 11.7 Å². The first-order valence-electron chi connectivity index (χ1n) is 13.6. The average Bonchev–Trinajstić information content (AvgIpc) is 3.31. The van der Waals surface area contributed by atoms with Gasteiger partial charge in [-0.3, -0.25) is 4.90 Å². The second kappa shape index (κ2) is 12.8. The maximum Gasteiger partial charge on any atom is 0.416 e. The second-order valence-corrected chi connectivity index (χ2v) is 11.3. The lowest BCUT2D eigenvalue weighted by molar-refractivity contribution is -0.137. The van der Waals surface area contributed by atoms with Crippen molar-refractivity contribution in [2.45, 2.75) is 45.1 Å². The summed E-state index contributed by atoms with van der Waals surface area (Å²) in [6.07, 6.45) is -2.87. The van der Waals surface area contributed by atoms with E-state index in [4.69, 9.17) is 23.2 Å². The molecule has 0 atom stereocenters. The molecule has 42 heavy (non-hydrogen) atoms. The number of benzene rings is 3. The van der Waals surface area contributed by atoms with Gasteiger partial charge >= 0.3 is 12.2 Å². The third-order valence-electron chi connectivity index (χ3n) is 7.40. The monoisotopic (exact) mass is 615 g/mol. The minimum atomic E-state index is -4.38. The van der Waals surface area contributed by atoms with Gasteiger partial charge in [0.2, 0.25) is 0 Å². The molecule has 0 unspecified atom stereocenters. The van der Waals surface area contributed by atoms with E-state index in [2.05, 4.69) is 20.2 Å². The van der Waals surface area contributed by atoms with Crippen molar-refractivity contribution in [3.63, 3.8) is 0 Å². The first-order valence-corrected chi connectivity index (χ1v) is 14.3. The number of imidazole rings is 1. The van der Waals surface area contributed by atoms with Crippen molar-refractivity contribution in [1.29, 1.82) is 0 Å². The number of rotatable bonds is 7. The first-order chi connectivity index (χ1) is 20.0. The molecule has 2 N–H and O–H groups in total. The zero-order valence-electron chi connectivity index (χ0n) is 22.9. The number of aryl methyl sites for hydroxylation is 1. The molecule has 1 saturated heterocycles. The highest BCUT2D eigenvalue weighted by Gasteiger charge is 2.31. The second-order valence-electron chi connectivity index (χ2n) is 10.4. The average molecular weight is 617 g/mol. The number of hydrogen-bond acceptors (Lipinski definition) is 3. The molecule has 2 heterocycles. The molecule has 2 amide bonds. The van der Waals surface area contributed by atoms with Crippen molar-refractivity contribution in [3.8, 4) is 11.4 Å². The van der Waals surface area contributed by atoms with Crippen LogP contribution >= 0.6 is 23.2 Å². The van der Waals surface area contributed by atoms with Gasteiger partial charge in [0.1, 0.15) is 5.82 Å². The number of likely N-dealkylation sites (tertiary alicyclic amines) is 1. The van der Waals surface area contributed by atoms with Crippen LogP contribution < -0.4 is 5.32 Å². The summed E-state index contributed by atoms with van der Waals surface area (Å²) in [5, 5.41) is 4.04. The number of hydrogen-bond donors (Lipinski definition) is 2. The van der Waals surface area contributed by atoms with E-state index >= 15 is 0 Å². The van der Waals surface area contributed by atoms with Gasteiger partial charge in [0.05, 0.1) is 11.3 Å². The van der Waals surface area contributed by atoms with E-state index in [9.17, 15) is 18.0 Å². The number of carbonyl (C=O) groups is 1. The van der Waals surface area contributed by atoms with E-state index in [1.165, 1.54) is 12.1 Å². The van der Waals surface area contributed by atoms with E-state index in [0.29, 0.717) is 40.2 Å². The van der Waals surface area contributed by atoms with Gasteiger partial charge in [-0.25, -0.2) is 9.78 Å². The summed E-state index contributed by atoms with van der Waals surface area (Å²) in [6, 6.07) is 19.4. The Balaban J connectivity index is 1.25. The standard InChI is InChI=1S/C31H30Cl2F3N5O/c1-20-28(39-29(37-20)22-7-9-23(10-8-22)31(34,35)36)19-40-13-11-27(12-14-40)41(18-21-15-24(32)17-25(33)16-21)30(42)38-26-5-3-2-4-6-26/h2-10,15-17,27H,11-14,18-19H2,1H3,(H,37,39)(H,38,42). The molecule has 1 fully saturated rings. The summed E-state index contributed by atoms with van der Waals surface area (Å²) >= 11 is 12.5. The smallest absolute Gasteiger partial charge is 0.342 e. The molecule has 11 heteroatoms. The van der Waals surface area contributed by atoms with E-state index in [-0.39, 0.29) is 12.1 Å². The maximum atomic E-state index is 13.5. The van der Waals surface area contributed by atoms with Crippen LogP contribution in [-0.2, 0) is 19.3 Å². The van der Waals surface area contributed by atoms with Crippen LogP contribution in [0.1, 0.15) is 35.4 Å². The molecule has 3 aromatic carbocycles. The van der Waals surface area contributed by atoms with Crippen molar-refractivity contribution in [1.82, 2.24) is 19.8 Å². The molecule has 4 aromatic rings. The lowest BCUT2D eigenvalue weighted by atomic mass is 10.0. The minimum absolute atomic E-state index is 0.00860. The van der Waals surface area contributed by atoms with Crippen molar-refractivity contribution in [3.05, 3.63) is 105 Å². The fourth-order valence-electron chi connectivity index (χ4n) is 5.19. The lowest BCUT2D eigenvalue weighted by Crippen LogP contribution is -2.48. The van der Waals surface area contributed by atoms with E-state index in [0.717, 1.165) is 55.0 Å². The number of alkyl halides is 3. The summed E-state index contributed by atoms with van der Waals surface area (Å²) in [6.45, 7) is 4.36. The third kappa shape index (κ3) is 7.45. The van der Waals surface area contributed by atoms with E-state index in [1.54, 1.807) is 6.07 Å². The van der Waals surface area contributed by atoms with Crippen LogP contribution in [-0.4, -0.2) is 44.9 Å². The minimum Gasteiger partial charge on any atom is -0.342 e.